The van der Waals surface area contributed by atoms with Gasteiger partial charge in [0.25, 0.3) is 0 Å². The van der Waals surface area contributed by atoms with Gasteiger partial charge in [-0.15, -0.1) is 0 Å². The second-order valence-electron chi connectivity index (χ2n) is 10.5. The van der Waals surface area contributed by atoms with Gasteiger partial charge >= 0.3 is 5.97 Å². The van der Waals surface area contributed by atoms with Crippen LogP contribution in [0.25, 0.3) is 0 Å². The van der Waals surface area contributed by atoms with Crippen LogP contribution in [0.4, 0.5) is 4.39 Å². The molecule has 0 saturated heterocycles. The molecule has 4 aliphatic rings. The Kier molecular flexibility index (Phi) is 4.83. The Morgan fingerprint density at radius 1 is 1.17 bits per heavy atom. The average Bonchev–Trinajstić information content (AvgIpc) is 3.01. The van der Waals surface area contributed by atoms with Crippen molar-refractivity contribution in [2.75, 3.05) is 6.61 Å². The fraction of sp³-hybridized carbons (Fsp3) is 0.792. The lowest BCUT2D eigenvalue weighted by Crippen LogP contribution is -2.62. The van der Waals surface area contributed by atoms with E-state index in [1.165, 1.54) is 6.92 Å². The first-order valence-electron chi connectivity index (χ1n) is 11.1. The Morgan fingerprint density at radius 3 is 2.59 bits per heavy atom. The number of carbonyl (C=O) groups is 3. The van der Waals surface area contributed by atoms with E-state index < -0.39 is 17.1 Å². The third kappa shape index (κ3) is 2.86. The fourth-order valence-electron chi connectivity index (χ4n) is 7.64. The number of alkyl halides is 1. The van der Waals surface area contributed by atoms with Crippen LogP contribution in [-0.2, 0) is 19.1 Å². The third-order valence-corrected chi connectivity index (χ3v) is 9.20. The van der Waals surface area contributed by atoms with Crippen LogP contribution in [0.3, 0.4) is 0 Å². The molecular formula is C24H33FO4. The van der Waals surface area contributed by atoms with Gasteiger partial charge in [-0.3, -0.25) is 14.4 Å². The Labute approximate surface area is 172 Å². The van der Waals surface area contributed by atoms with Crippen LogP contribution in [0, 0.1) is 34.5 Å². The lowest BCUT2D eigenvalue weighted by Gasteiger charge is -2.62. The smallest absolute Gasteiger partial charge is 0.303 e. The number of ketones is 2. The number of ether oxygens (including phenoxy) is 1. The number of halogens is 1. The van der Waals surface area contributed by atoms with Gasteiger partial charge in [0.2, 0.25) is 0 Å². The Morgan fingerprint density at radius 2 is 1.90 bits per heavy atom. The molecule has 5 heteroatoms. The number of esters is 1. The molecule has 0 unspecified atom stereocenters. The van der Waals surface area contributed by atoms with Gasteiger partial charge in [0.15, 0.2) is 11.6 Å². The van der Waals surface area contributed by atoms with Crippen LogP contribution < -0.4 is 0 Å². The summed E-state index contributed by atoms with van der Waals surface area (Å²) in [5, 5.41) is 0. The maximum atomic E-state index is 16.9. The molecule has 4 rings (SSSR count). The molecule has 4 aliphatic carbocycles. The summed E-state index contributed by atoms with van der Waals surface area (Å²) in [6.07, 6.45) is 6.22. The summed E-state index contributed by atoms with van der Waals surface area (Å²) >= 11 is 0. The van der Waals surface area contributed by atoms with Crippen molar-refractivity contribution in [3.63, 3.8) is 0 Å². The van der Waals surface area contributed by atoms with Crippen LogP contribution >= 0.6 is 0 Å². The van der Waals surface area contributed by atoms with Gasteiger partial charge in [-0.2, -0.15) is 0 Å². The zero-order chi connectivity index (χ0) is 21.2. The predicted octanol–water partition coefficient (Wildman–Crippen LogP) is 4.60. The van der Waals surface area contributed by atoms with Gasteiger partial charge in [-0.05, 0) is 67.8 Å². The standard InChI is InChI=1S/C24H33FO4/c1-14-11-20-17-5-6-18(21(28)13-29-15(2)26)22(17,3)9-10-24(20,25)23(4)8-7-16(27)12-19(14)23/h12,14,17-18,20H,5-11,13H2,1-4H3/t14-,17-,18+,20-,22-,23-,24+/m0/s1. The number of allylic oxidation sites excluding steroid dienone is 1. The molecule has 0 bridgehead atoms. The summed E-state index contributed by atoms with van der Waals surface area (Å²) in [4.78, 5) is 36.0. The molecule has 160 valence electrons. The van der Waals surface area contributed by atoms with Crippen molar-refractivity contribution < 1.29 is 23.5 Å². The van der Waals surface area contributed by atoms with Crippen molar-refractivity contribution in [2.45, 2.75) is 78.3 Å². The summed E-state index contributed by atoms with van der Waals surface area (Å²) in [6.45, 7) is 7.47. The number of rotatable bonds is 3. The average molecular weight is 405 g/mol. The Balaban J connectivity index is 1.65. The highest BCUT2D eigenvalue weighted by atomic mass is 19.1. The highest BCUT2D eigenvalue weighted by Crippen LogP contribution is 2.70. The quantitative estimate of drug-likeness (QED) is 0.645. The second kappa shape index (κ2) is 6.75. The summed E-state index contributed by atoms with van der Waals surface area (Å²) in [6, 6.07) is 0. The number of hydrogen-bond donors (Lipinski definition) is 0. The molecule has 3 saturated carbocycles. The minimum atomic E-state index is -1.32. The maximum absolute atomic E-state index is 16.9. The van der Waals surface area contributed by atoms with Gasteiger partial charge < -0.3 is 4.74 Å². The molecule has 4 nitrogen and oxygen atoms in total. The summed E-state index contributed by atoms with van der Waals surface area (Å²) < 4.78 is 21.9. The first kappa shape index (κ1) is 20.7. The number of carbonyl (C=O) groups excluding carboxylic acids is 3. The lowest BCUT2D eigenvalue weighted by atomic mass is 9.43. The minimum absolute atomic E-state index is 0.0181. The van der Waals surface area contributed by atoms with Crippen LogP contribution in [0.5, 0.6) is 0 Å². The molecule has 0 aromatic heterocycles. The van der Waals surface area contributed by atoms with E-state index in [9.17, 15) is 14.4 Å². The van der Waals surface area contributed by atoms with Crippen molar-refractivity contribution in [1.29, 1.82) is 0 Å². The van der Waals surface area contributed by atoms with E-state index >= 15 is 4.39 Å². The van der Waals surface area contributed by atoms with E-state index in [0.29, 0.717) is 25.7 Å². The Hall–Kier alpha value is -1.52. The molecule has 3 fully saturated rings. The predicted molar refractivity (Wildman–Crippen MR) is 107 cm³/mol. The summed E-state index contributed by atoms with van der Waals surface area (Å²) in [5.74, 6) is -0.228. The van der Waals surface area contributed by atoms with Gasteiger partial charge in [0.05, 0.1) is 0 Å². The summed E-state index contributed by atoms with van der Waals surface area (Å²) in [7, 11) is 0. The lowest BCUT2D eigenvalue weighted by molar-refractivity contribution is -0.161. The van der Waals surface area contributed by atoms with Crippen molar-refractivity contribution in [3.8, 4) is 0 Å². The molecule has 0 amide bonds. The molecule has 0 heterocycles. The van der Waals surface area contributed by atoms with Crippen molar-refractivity contribution in [1.82, 2.24) is 0 Å². The fourth-order valence-corrected chi connectivity index (χ4v) is 7.64. The van der Waals surface area contributed by atoms with Gasteiger partial charge in [0.1, 0.15) is 12.3 Å². The largest absolute Gasteiger partial charge is 0.458 e. The third-order valence-electron chi connectivity index (χ3n) is 9.20. The number of fused-ring (bicyclic) bond motifs is 5. The van der Waals surface area contributed by atoms with Crippen LogP contribution in [0.15, 0.2) is 11.6 Å². The summed E-state index contributed by atoms with van der Waals surface area (Å²) in [5.41, 5.74) is -1.12. The van der Waals surface area contributed by atoms with E-state index in [1.54, 1.807) is 6.08 Å². The van der Waals surface area contributed by atoms with E-state index in [0.717, 1.165) is 24.8 Å². The highest BCUT2D eigenvalue weighted by Gasteiger charge is 2.68. The van der Waals surface area contributed by atoms with E-state index in [2.05, 4.69) is 13.8 Å². The Bertz CT molecular complexity index is 788. The molecule has 0 aliphatic heterocycles. The topological polar surface area (TPSA) is 60.4 Å². The normalized spacial score (nSPS) is 46.2. The molecule has 0 aromatic rings. The molecule has 0 N–H and O–H groups in total. The first-order valence-corrected chi connectivity index (χ1v) is 11.1. The van der Waals surface area contributed by atoms with Crippen LogP contribution in [0.1, 0.15) is 72.6 Å². The van der Waals surface area contributed by atoms with Crippen LogP contribution in [0.2, 0.25) is 0 Å². The van der Waals surface area contributed by atoms with E-state index in [-0.39, 0.29) is 47.3 Å². The van der Waals surface area contributed by atoms with Crippen molar-refractivity contribution >= 4 is 17.5 Å². The second-order valence-corrected chi connectivity index (χ2v) is 10.5. The monoisotopic (exact) mass is 404 g/mol. The zero-order valence-electron chi connectivity index (χ0n) is 18.1. The molecular weight excluding hydrogens is 371 g/mol. The van der Waals surface area contributed by atoms with E-state index in [4.69, 9.17) is 4.74 Å². The maximum Gasteiger partial charge on any atom is 0.303 e. The van der Waals surface area contributed by atoms with Crippen molar-refractivity contribution in [3.05, 3.63) is 11.6 Å². The molecule has 0 aromatic carbocycles. The molecule has 7 atom stereocenters. The van der Waals surface area contributed by atoms with Crippen molar-refractivity contribution in [2.24, 2.45) is 34.5 Å². The minimum Gasteiger partial charge on any atom is -0.458 e. The van der Waals surface area contributed by atoms with E-state index in [1.807, 2.05) is 6.92 Å². The van der Waals surface area contributed by atoms with Gasteiger partial charge in [-0.1, -0.05) is 26.3 Å². The zero-order valence-corrected chi connectivity index (χ0v) is 18.1. The van der Waals surface area contributed by atoms with Crippen LogP contribution in [-0.4, -0.2) is 29.8 Å². The SMILES string of the molecule is CC(=O)OCC(=O)[C@H]1CC[C@H]2[C@@H]3C[C@H](C)C4=CC(=O)CC[C@]4(C)[C@@]3(F)CC[C@]12C. The van der Waals surface area contributed by atoms with Gasteiger partial charge in [0, 0.05) is 24.7 Å². The molecule has 29 heavy (non-hydrogen) atoms. The van der Waals surface area contributed by atoms with Gasteiger partial charge in [-0.25, -0.2) is 4.39 Å². The highest BCUT2D eigenvalue weighted by molar-refractivity contribution is 5.92. The first-order chi connectivity index (χ1) is 13.5. The molecule has 0 radical (unpaired) electrons. The number of Topliss-reactive ketones (excluding diaryl/α,β-unsaturated/α-hetero) is 1. The number of hydrogen-bond acceptors (Lipinski definition) is 4. The molecule has 0 spiro atoms.